The minimum Gasteiger partial charge on any atom is -0.388 e. The van der Waals surface area contributed by atoms with Crippen molar-refractivity contribution in [1.29, 1.82) is 0 Å². The van der Waals surface area contributed by atoms with E-state index in [0.717, 1.165) is 0 Å². The third-order valence-corrected chi connectivity index (χ3v) is 1.24. The molecule has 0 amide bonds. The topological polar surface area (TPSA) is 47.6 Å². The summed E-state index contributed by atoms with van der Waals surface area (Å²) in [5, 5.41) is 0. The first-order chi connectivity index (χ1) is 4.98. The van der Waals surface area contributed by atoms with Crippen LogP contribution in [0.4, 0.5) is 0 Å². The number of aliphatic imine (C=N–C) groups is 1. The van der Waals surface area contributed by atoms with E-state index in [4.69, 9.17) is 10.5 Å². The van der Waals surface area contributed by atoms with Gasteiger partial charge in [0.15, 0.2) is 0 Å². The van der Waals surface area contributed by atoms with Gasteiger partial charge >= 0.3 is 0 Å². The van der Waals surface area contributed by atoms with Crippen LogP contribution in [0.2, 0.25) is 0 Å². The van der Waals surface area contributed by atoms with E-state index >= 15 is 0 Å². The second kappa shape index (κ2) is 4.34. The number of nitrogens with zero attached hydrogens (tertiary/aromatic N) is 1. The molecule has 2 N–H and O–H groups in total. The largest absolute Gasteiger partial charge is 0.388 e. The van der Waals surface area contributed by atoms with E-state index in [1.165, 1.54) is 0 Å². The highest BCUT2D eigenvalue weighted by Crippen LogP contribution is 2.08. The summed E-state index contributed by atoms with van der Waals surface area (Å²) in [5.41, 5.74) is 5.21. The zero-order valence-corrected chi connectivity index (χ0v) is 7.85. The van der Waals surface area contributed by atoms with E-state index in [2.05, 4.69) is 4.99 Å². The molecule has 0 fully saturated rings. The highest BCUT2D eigenvalue weighted by molar-refractivity contribution is 5.77. The second-order valence-electron chi connectivity index (χ2n) is 3.15. The third kappa shape index (κ3) is 5.85. The first-order valence-corrected chi connectivity index (χ1v) is 3.88. The maximum Gasteiger partial charge on any atom is 0.0906 e. The number of hydrogen-bond acceptors (Lipinski definition) is 2. The fourth-order valence-electron chi connectivity index (χ4n) is 0.751. The molecule has 0 aromatic carbocycles. The van der Waals surface area contributed by atoms with Gasteiger partial charge in [-0.25, -0.2) is 0 Å². The summed E-state index contributed by atoms with van der Waals surface area (Å²) in [4.78, 5) is 4.08. The van der Waals surface area contributed by atoms with Crippen molar-refractivity contribution in [2.75, 3.05) is 13.2 Å². The minimum atomic E-state index is -0.185. The summed E-state index contributed by atoms with van der Waals surface area (Å²) in [5.74, 6) is 0.609. The van der Waals surface area contributed by atoms with E-state index in [-0.39, 0.29) is 5.60 Å². The average Bonchev–Trinajstić information content (AvgIpc) is 1.84. The van der Waals surface area contributed by atoms with Gasteiger partial charge in [-0.15, -0.1) is 0 Å². The predicted octanol–water partition coefficient (Wildman–Crippen LogP) is 1.18. The number of ether oxygens (including phenoxy) is 1. The number of nitrogens with two attached hydrogens (primary N) is 1. The molecule has 0 atom stereocenters. The molecule has 0 aromatic rings. The molecule has 3 nitrogen and oxygen atoms in total. The fraction of sp³-hybridized carbons (Fsp3) is 0.875. The molecule has 0 unspecified atom stereocenters. The molecular weight excluding hydrogens is 140 g/mol. The standard InChI is InChI=1S/C8H18N2O/c1-5-11-8(3,4)6-10-7(2)9/h5-6H2,1-4H3,(H2,9,10). The van der Waals surface area contributed by atoms with E-state index < -0.39 is 0 Å². The summed E-state index contributed by atoms with van der Waals surface area (Å²) in [7, 11) is 0. The molecule has 0 aliphatic heterocycles. The van der Waals surface area contributed by atoms with E-state index in [0.29, 0.717) is 19.0 Å². The molecule has 11 heavy (non-hydrogen) atoms. The summed E-state index contributed by atoms with van der Waals surface area (Å²) >= 11 is 0. The zero-order valence-electron chi connectivity index (χ0n) is 7.85. The molecule has 0 saturated heterocycles. The quantitative estimate of drug-likeness (QED) is 0.493. The first-order valence-electron chi connectivity index (χ1n) is 3.88. The van der Waals surface area contributed by atoms with E-state index in [1.54, 1.807) is 6.92 Å². The molecular formula is C8H18N2O. The van der Waals surface area contributed by atoms with Crippen LogP contribution in [0.25, 0.3) is 0 Å². The van der Waals surface area contributed by atoms with Crippen LogP contribution in [-0.4, -0.2) is 24.6 Å². The maximum absolute atomic E-state index is 5.42. The van der Waals surface area contributed by atoms with Crippen molar-refractivity contribution in [3.8, 4) is 0 Å². The van der Waals surface area contributed by atoms with Gasteiger partial charge < -0.3 is 10.5 Å². The molecule has 0 aliphatic rings. The Balaban J connectivity index is 3.81. The van der Waals surface area contributed by atoms with Gasteiger partial charge in [-0.3, -0.25) is 4.99 Å². The van der Waals surface area contributed by atoms with Crippen molar-refractivity contribution in [2.45, 2.75) is 33.3 Å². The highest BCUT2D eigenvalue weighted by atomic mass is 16.5. The zero-order chi connectivity index (χ0) is 8.91. The number of hydrogen-bond donors (Lipinski definition) is 1. The molecule has 0 heterocycles. The van der Waals surface area contributed by atoms with E-state index in [1.807, 2.05) is 20.8 Å². The Morgan fingerprint density at radius 1 is 1.55 bits per heavy atom. The molecule has 0 rings (SSSR count). The van der Waals surface area contributed by atoms with Gasteiger partial charge in [0.2, 0.25) is 0 Å². The fourth-order valence-corrected chi connectivity index (χ4v) is 0.751. The van der Waals surface area contributed by atoms with Crippen LogP contribution in [0.15, 0.2) is 4.99 Å². The van der Waals surface area contributed by atoms with Crippen molar-refractivity contribution < 1.29 is 4.74 Å². The third-order valence-electron chi connectivity index (χ3n) is 1.24. The molecule has 0 saturated carbocycles. The summed E-state index contributed by atoms with van der Waals surface area (Å²) in [6.45, 7) is 9.10. The van der Waals surface area contributed by atoms with Crippen LogP contribution >= 0.6 is 0 Å². The molecule has 0 aromatic heterocycles. The predicted molar refractivity (Wildman–Crippen MR) is 47.9 cm³/mol. The van der Waals surface area contributed by atoms with Gasteiger partial charge in [0, 0.05) is 6.61 Å². The minimum absolute atomic E-state index is 0.185. The number of rotatable bonds is 4. The summed E-state index contributed by atoms with van der Waals surface area (Å²) in [6, 6.07) is 0. The highest BCUT2D eigenvalue weighted by Gasteiger charge is 2.15. The Morgan fingerprint density at radius 3 is 2.45 bits per heavy atom. The van der Waals surface area contributed by atoms with Crippen LogP contribution in [0.5, 0.6) is 0 Å². The lowest BCUT2D eigenvalue weighted by atomic mass is 10.1. The van der Waals surface area contributed by atoms with Crippen molar-refractivity contribution in [2.24, 2.45) is 10.7 Å². The smallest absolute Gasteiger partial charge is 0.0906 e. The molecule has 0 aliphatic carbocycles. The maximum atomic E-state index is 5.42. The van der Waals surface area contributed by atoms with Gasteiger partial charge in [-0.1, -0.05) is 0 Å². The van der Waals surface area contributed by atoms with E-state index in [9.17, 15) is 0 Å². The molecule has 3 heteroatoms. The Bertz CT molecular complexity index is 137. The monoisotopic (exact) mass is 158 g/mol. The molecule has 0 spiro atoms. The van der Waals surface area contributed by atoms with Crippen LogP contribution in [0.3, 0.4) is 0 Å². The SMILES string of the molecule is CCOC(C)(C)CN=C(C)N. The van der Waals surface area contributed by atoms with Crippen molar-refractivity contribution in [3.05, 3.63) is 0 Å². The van der Waals surface area contributed by atoms with Crippen LogP contribution < -0.4 is 5.73 Å². The molecule has 0 radical (unpaired) electrons. The Kier molecular flexibility index (Phi) is 4.11. The van der Waals surface area contributed by atoms with Crippen LogP contribution in [0.1, 0.15) is 27.7 Å². The normalized spacial score (nSPS) is 13.6. The first kappa shape index (κ1) is 10.4. The molecule has 0 bridgehead atoms. The van der Waals surface area contributed by atoms with Crippen molar-refractivity contribution in [1.82, 2.24) is 0 Å². The van der Waals surface area contributed by atoms with Crippen molar-refractivity contribution >= 4 is 5.84 Å². The number of amidine groups is 1. The van der Waals surface area contributed by atoms with Gasteiger partial charge in [-0.2, -0.15) is 0 Å². The van der Waals surface area contributed by atoms with Crippen LogP contribution in [0, 0.1) is 0 Å². The lowest BCUT2D eigenvalue weighted by molar-refractivity contribution is -0.00211. The van der Waals surface area contributed by atoms with Gasteiger partial charge in [0.25, 0.3) is 0 Å². The van der Waals surface area contributed by atoms with Crippen molar-refractivity contribution in [3.63, 3.8) is 0 Å². The summed E-state index contributed by atoms with van der Waals surface area (Å²) < 4.78 is 5.42. The molecule has 66 valence electrons. The Labute approximate surface area is 68.6 Å². The average molecular weight is 158 g/mol. The summed E-state index contributed by atoms with van der Waals surface area (Å²) in [6.07, 6.45) is 0. The lowest BCUT2D eigenvalue weighted by Gasteiger charge is -2.22. The Hall–Kier alpha value is -0.570. The van der Waals surface area contributed by atoms with Crippen LogP contribution in [-0.2, 0) is 4.74 Å². The Morgan fingerprint density at radius 2 is 2.09 bits per heavy atom. The second-order valence-corrected chi connectivity index (χ2v) is 3.15. The lowest BCUT2D eigenvalue weighted by Crippen LogP contribution is -2.29. The van der Waals surface area contributed by atoms with Gasteiger partial charge in [0.1, 0.15) is 0 Å². The van der Waals surface area contributed by atoms with Gasteiger partial charge in [-0.05, 0) is 27.7 Å². The van der Waals surface area contributed by atoms with Gasteiger partial charge in [0.05, 0.1) is 18.0 Å².